The second kappa shape index (κ2) is 9.61. The largest absolute Gasteiger partial charge is 0.457 e. The number of carbonyl (C=O) groups excluding carboxylic acids is 2. The van der Waals surface area contributed by atoms with Gasteiger partial charge < -0.3 is 15.2 Å². The normalized spacial score (nSPS) is 19.7. The summed E-state index contributed by atoms with van der Waals surface area (Å²) in [4.78, 5) is 29.5. The van der Waals surface area contributed by atoms with E-state index < -0.39 is 18.0 Å². The molecule has 6 nitrogen and oxygen atoms in total. The number of aryl methyl sites for hydroxylation is 2. The Hall–Kier alpha value is -3.06. The maximum atomic E-state index is 14.5. The second-order valence-corrected chi connectivity index (χ2v) is 7.83. The Labute approximate surface area is 187 Å². The lowest BCUT2D eigenvalue weighted by Crippen LogP contribution is -2.30. The molecule has 0 saturated carbocycles. The van der Waals surface area contributed by atoms with Gasteiger partial charge >= 0.3 is 5.97 Å². The van der Waals surface area contributed by atoms with E-state index in [0.29, 0.717) is 16.8 Å². The zero-order valence-electron chi connectivity index (χ0n) is 19.1. The van der Waals surface area contributed by atoms with Crippen LogP contribution in [-0.2, 0) is 27.2 Å². The van der Waals surface area contributed by atoms with Crippen LogP contribution in [0.1, 0.15) is 55.1 Å². The SMILES string of the molecule is CC.Cc1c(F)cc2nc(/C3=C/C(=O)OC/C(=C\[C@H](C)O)C(=O)N3)c(C)c3c2c1CCC3. The topological polar surface area (TPSA) is 88.5 Å². The summed E-state index contributed by atoms with van der Waals surface area (Å²) < 4.78 is 19.6. The molecular formula is C25H29FN2O4. The van der Waals surface area contributed by atoms with E-state index in [0.717, 1.165) is 41.3 Å². The number of hydrogen-bond donors (Lipinski definition) is 2. The van der Waals surface area contributed by atoms with Crippen molar-refractivity contribution >= 4 is 28.5 Å². The molecule has 4 rings (SSSR count). The number of esters is 1. The molecule has 2 aromatic rings. The van der Waals surface area contributed by atoms with Crippen LogP contribution in [0, 0.1) is 19.7 Å². The quantitative estimate of drug-likeness (QED) is 0.547. The van der Waals surface area contributed by atoms with Gasteiger partial charge in [0.05, 0.1) is 28.6 Å². The van der Waals surface area contributed by atoms with Crippen molar-refractivity contribution in [3.05, 3.63) is 57.6 Å². The van der Waals surface area contributed by atoms with Gasteiger partial charge in [-0.2, -0.15) is 0 Å². The van der Waals surface area contributed by atoms with Gasteiger partial charge in [-0.3, -0.25) is 4.79 Å². The molecule has 32 heavy (non-hydrogen) atoms. The number of pyridine rings is 1. The van der Waals surface area contributed by atoms with Crippen molar-refractivity contribution in [1.29, 1.82) is 0 Å². The number of hydrogen-bond acceptors (Lipinski definition) is 5. The third kappa shape index (κ3) is 4.43. The summed E-state index contributed by atoms with van der Waals surface area (Å²) in [6.45, 7) is 8.95. The number of halogens is 1. The summed E-state index contributed by atoms with van der Waals surface area (Å²) in [6, 6.07) is 1.41. The molecule has 1 atom stereocenters. The predicted molar refractivity (Wildman–Crippen MR) is 121 cm³/mol. The number of aromatic nitrogens is 1. The highest BCUT2D eigenvalue weighted by atomic mass is 19.1. The number of amides is 1. The van der Waals surface area contributed by atoms with Gasteiger partial charge in [-0.25, -0.2) is 14.2 Å². The van der Waals surface area contributed by atoms with Crippen LogP contribution >= 0.6 is 0 Å². The lowest BCUT2D eigenvalue weighted by atomic mass is 9.84. The molecule has 2 aliphatic rings. The molecule has 0 spiro atoms. The van der Waals surface area contributed by atoms with Gasteiger partial charge in [0.25, 0.3) is 5.91 Å². The van der Waals surface area contributed by atoms with Crippen molar-refractivity contribution in [2.75, 3.05) is 6.61 Å². The second-order valence-electron chi connectivity index (χ2n) is 7.83. The Balaban J connectivity index is 0.00000141. The van der Waals surface area contributed by atoms with Crippen molar-refractivity contribution in [2.45, 2.75) is 60.0 Å². The first kappa shape index (κ1) is 23.6. The molecule has 2 N–H and O–H groups in total. The van der Waals surface area contributed by atoms with Gasteiger partial charge in [0.1, 0.15) is 12.4 Å². The fraction of sp³-hybridized carbons (Fsp3) is 0.400. The van der Waals surface area contributed by atoms with Gasteiger partial charge in [-0.05, 0) is 68.4 Å². The van der Waals surface area contributed by atoms with Gasteiger partial charge in [0.2, 0.25) is 0 Å². The molecule has 0 saturated heterocycles. The van der Waals surface area contributed by atoms with E-state index in [1.807, 2.05) is 20.8 Å². The third-order valence-corrected chi connectivity index (χ3v) is 5.70. The van der Waals surface area contributed by atoms with Crippen LogP contribution in [0.2, 0.25) is 0 Å². The summed E-state index contributed by atoms with van der Waals surface area (Å²) in [5.41, 5.74) is 4.79. The predicted octanol–water partition coefficient (Wildman–Crippen LogP) is 3.83. The minimum absolute atomic E-state index is 0.146. The van der Waals surface area contributed by atoms with Crippen LogP contribution in [0.25, 0.3) is 16.6 Å². The number of nitrogens with zero attached hydrogens (tertiary/aromatic N) is 1. The first-order chi connectivity index (χ1) is 15.3. The van der Waals surface area contributed by atoms with Crippen molar-refractivity contribution in [3.63, 3.8) is 0 Å². The Bertz CT molecular complexity index is 1150. The van der Waals surface area contributed by atoms with Crippen molar-refractivity contribution in [2.24, 2.45) is 0 Å². The molecule has 0 unspecified atom stereocenters. The fourth-order valence-corrected chi connectivity index (χ4v) is 4.23. The maximum Gasteiger partial charge on any atom is 0.333 e. The van der Waals surface area contributed by atoms with Crippen LogP contribution in [0.15, 0.2) is 23.8 Å². The number of aliphatic hydroxyl groups excluding tert-OH is 1. The maximum absolute atomic E-state index is 14.5. The van der Waals surface area contributed by atoms with Gasteiger partial charge in [0.15, 0.2) is 0 Å². The molecule has 1 aromatic heterocycles. The van der Waals surface area contributed by atoms with E-state index in [4.69, 9.17) is 4.74 Å². The van der Waals surface area contributed by atoms with Crippen molar-refractivity contribution < 1.29 is 23.8 Å². The number of nitrogens with one attached hydrogen (secondary N) is 1. The van der Waals surface area contributed by atoms with Crippen LogP contribution in [0.5, 0.6) is 0 Å². The number of rotatable bonds is 2. The first-order valence-corrected chi connectivity index (χ1v) is 11.0. The highest BCUT2D eigenvalue weighted by molar-refractivity contribution is 6.04. The molecule has 1 aromatic carbocycles. The van der Waals surface area contributed by atoms with E-state index >= 15 is 0 Å². The smallest absolute Gasteiger partial charge is 0.333 e. The molecule has 1 aliphatic heterocycles. The average Bonchev–Trinajstić information content (AvgIpc) is 2.76. The van der Waals surface area contributed by atoms with Crippen molar-refractivity contribution in [1.82, 2.24) is 10.3 Å². The molecule has 1 aliphatic carbocycles. The highest BCUT2D eigenvalue weighted by Gasteiger charge is 2.25. The monoisotopic (exact) mass is 440 g/mol. The Morgan fingerprint density at radius 1 is 1.19 bits per heavy atom. The third-order valence-electron chi connectivity index (χ3n) is 5.70. The molecule has 1 amide bonds. The van der Waals surface area contributed by atoms with Gasteiger partial charge in [-0.1, -0.05) is 13.8 Å². The van der Waals surface area contributed by atoms with E-state index in [-0.39, 0.29) is 23.7 Å². The van der Waals surface area contributed by atoms with Crippen LogP contribution in [0.3, 0.4) is 0 Å². The zero-order valence-corrected chi connectivity index (χ0v) is 19.1. The zero-order chi connectivity index (χ0) is 23.6. The summed E-state index contributed by atoms with van der Waals surface area (Å²) in [7, 11) is 0. The first-order valence-electron chi connectivity index (χ1n) is 11.0. The molecule has 0 radical (unpaired) electrons. The Morgan fingerprint density at radius 3 is 2.50 bits per heavy atom. The number of cyclic esters (lactones) is 1. The minimum atomic E-state index is -0.870. The number of ether oxygens (including phenoxy) is 1. The lowest BCUT2D eigenvalue weighted by Gasteiger charge is -2.24. The summed E-state index contributed by atoms with van der Waals surface area (Å²) in [5, 5.41) is 13.3. The lowest BCUT2D eigenvalue weighted by molar-refractivity contribution is -0.137. The van der Waals surface area contributed by atoms with E-state index in [1.54, 1.807) is 6.92 Å². The summed E-state index contributed by atoms with van der Waals surface area (Å²) >= 11 is 0. The average molecular weight is 441 g/mol. The Morgan fingerprint density at radius 2 is 1.84 bits per heavy atom. The molecule has 0 bridgehead atoms. The fourth-order valence-electron chi connectivity index (χ4n) is 4.23. The van der Waals surface area contributed by atoms with E-state index in [9.17, 15) is 19.1 Å². The highest BCUT2D eigenvalue weighted by Crippen LogP contribution is 2.36. The molecule has 7 heteroatoms. The standard InChI is InChI=1S/C23H23FN2O4.C2H6/c1-11(27)7-14-10-30-20(28)9-19(26-23(14)29)22-13(3)16-6-4-5-15-12(2)17(24)8-18(25-22)21(15)16;1-2/h7-9,11,27H,4-6,10H2,1-3H3,(H,26,29);1-2H3/b14-7+,19-9-;/t11-;/m0./s1. The summed E-state index contributed by atoms with van der Waals surface area (Å²) in [6.07, 6.45) is 4.16. The minimum Gasteiger partial charge on any atom is -0.457 e. The van der Waals surface area contributed by atoms with Gasteiger partial charge in [0, 0.05) is 17.5 Å². The molecule has 2 heterocycles. The van der Waals surface area contributed by atoms with Crippen LogP contribution in [-0.4, -0.2) is 34.7 Å². The van der Waals surface area contributed by atoms with E-state index in [1.165, 1.54) is 25.1 Å². The number of carbonyl (C=O) groups is 2. The van der Waals surface area contributed by atoms with Crippen molar-refractivity contribution in [3.8, 4) is 0 Å². The molecule has 170 valence electrons. The van der Waals surface area contributed by atoms with Gasteiger partial charge in [-0.15, -0.1) is 0 Å². The Kier molecular flexibility index (Phi) is 7.09. The number of benzene rings is 1. The number of aliphatic hydroxyl groups is 1. The molecular weight excluding hydrogens is 411 g/mol. The summed E-state index contributed by atoms with van der Waals surface area (Å²) in [5.74, 6) is -1.43. The van der Waals surface area contributed by atoms with Crippen LogP contribution < -0.4 is 5.32 Å². The molecule has 0 fully saturated rings. The van der Waals surface area contributed by atoms with Crippen LogP contribution in [0.4, 0.5) is 4.39 Å². The van der Waals surface area contributed by atoms with E-state index in [2.05, 4.69) is 10.3 Å².